The predicted molar refractivity (Wildman–Crippen MR) is 85.2 cm³/mol. The van der Waals surface area contributed by atoms with E-state index in [0.717, 1.165) is 38.6 Å². The molecular weight excluding hydrogens is 262 g/mol. The Labute approximate surface area is 129 Å². The molecule has 3 aliphatic rings. The molecule has 0 radical (unpaired) electrons. The fourth-order valence-electron chi connectivity index (χ4n) is 4.23. The van der Waals surface area contributed by atoms with Gasteiger partial charge in [-0.2, -0.15) is 0 Å². The Morgan fingerprint density at radius 3 is 2.24 bits per heavy atom. The summed E-state index contributed by atoms with van der Waals surface area (Å²) in [6, 6.07) is 0.744. The van der Waals surface area contributed by atoms with Crippen LogP contribution in [0.3, 0.4) is 0 Å². The zero-order valence-corrected chi connectivity index (χ0v) is 13.4. The summed E-state index contributed by atoms with van der Waals surface area (Å²) in [5.74, 6) is 1.04. The van der Waals surface area contributed by atoms with Crippen molar-refractivity contribution in [3.05, 3.63) is 0 Å². The number of nitrogens with zero attached hydrogens (tertiary/aromatic N) is 2. The van der Waals surface area contributed by atoms with Crippen LogP contribution >= 0.6 is 0 Å². The van der Waals surface area contributed by atoms with E-state index in [2.05, 4.69) is 15.1 Å². The number of amides is 1. The number of likely N-dealkylation sites (tertiary alicyclic amines) is 2. The summed E-state index contributed by atoms with van der Waals surface area (Å²) < 4.78 is 0. The van der Waals surface area contributed by atoms with Crippen molar-refractivity contribution in [3.63, 3.8) is 0 Å². The lowest BCUT2D eigenvalue weighted by Gasteiger charge is -2.40. The van der Waals surface area contributed by atoms with E-state index in [1.807, 2.05) is 0 Å². The molecule has 4 nitrogen and oxygen atoms in total. The van der Waals surface area contributed by atoms with E-state index >= 15 is 0 Å². The van der Waals surface area contributed by atoms with Crippen molar-refractivity contribution in [2.24, 2.45) is 5.92 Å². The molecule has 3 heterocycles. The van der Waals surface area contributed by atoms with Gasteiger partial charge in [-0.1, -0.05) is 6.42 Å². The van der Waals surface area contributed by atoms with Crippen molar-refractivity contribution in [2.75, 3.05) is 39.3 Å². The molecule has 0 atom stereocenters. The van der Waals surface area contributed by atoms with Crippen molar-refractivity contribution in [3.8, 4) is 0 Å². The van der Waals surface area contributed by atoms with Crippen LogP contribution in [0.2, 0.25) is 0 Å². The monoisotopic (exact) mass is 293 g/mol. The second-order valence-corrected chi connectivity index (χ2v) is 7.11. The maximum absolute atomic E-state index is 12.4. The maximum atomic E-state index is 12.4. The van der Waals surface area contributed by atoms with Gasteiger partial charge in [0.15, 0.2) is 0 Å². The SMILES string of the molecule is O=C(CC1CCNCC1)N1CCC(N2CCCCC2)CC1. The van der Waals surface area contributed by atoms with Gasteiger partial charge in [0.1, 0.15) is 0 Å². The summed E-state index contributed by atoms with van der Waals surface area (Å²) in [4.78, 5) is 17.3. The Morgan fingerprint density at radius 2 is 1.57 bits per heavy atom. The minimum Gasteiger partial charge on any atom is -0.343 e. The first-order valence-electron chi connectivity index (χ1n) is 9.05. The fraction of sp³-hybridized carbons (Fsp3) is 0.941. The van der Waals surface area contributed by atoms with E-state index < -0.39 is 0 Å². The number of carbonyl (C=O) groups is 1. The van der Waals surface area contributed by atoms with E-state index in [0.29, 0.717) is 11.8 Å². The van der Waals surface area contributed by atoms with Crippen molar-refractivity contribution in [1.29, 1.82) is 0 Å². The molecule has 0 aromatic heterocycles. The van der Waals surface area contributed by atoms with Crippen LogP contribution in [-0.4, -0.2) is 61.0 Å². The average molecular weight is 293 g/mol. The van der Waals surface area contributed by atoms with Gasteiger partial charge in [0.2, 0.25) is 5.91 Å². The van der Waals surface area contributed by atoms with Crippen LogP contribution in [0.5, 0.6) is 0 Å². The van der Waals surface area contributed by atoms with Crippen LogP contribution in [0.1, 0.15) is 51.4 Å². The Balaban J connectivity index is 1.40. The third-order valence-electron chi connectivity index (χ3n) is 5.65. The summed E-state index contributed by atoms with van der Waals surface area (Å²) in [6.45, 7) is 6.74. The van der Waals surface area contributed by atoms with Gasteiger partial charge in [-0.3, -0.25) is 4.79 Å². The highest BCUT2D eigenvalue weighted by Gasteiger charge is 2.28. The number of rotatable bonds is 3. The summed E-state index contributed by atoms with van der Waals surface area (Å²) in [7, 11) is 0. The Bertz CT molecular complexity index is 327. The molecular formula is C17H31N3O. The third kappa shape index (κ3) is 4.19. The molecule has 0 aliphatic carbocycles. The van der Waals surface area contributed by atoms with Gasteiger partial charge in [0.05, 0.1) is 0 Å². The van der Waals surface area contributed by atoms with E-state index in [4.69, 9.17) is 0 Å². The molecule has 0 aromatic rings. The second kappa shape index (κ2) is 7.59. The van der Waals surface area contributed by atoms with Crippen LogP contribution in [0.15, 0.2) is 0 Å². The van der Waals surface area contributed by atoms with E-state index in [9.17, 15) is 4.79 Å². The van der Waals surface area contributed by atoms with Crippen LogP contribution in [0.4, 0.5) is 0 Å². The Kier molecular flexibility index (Phi) is 5.53. The number of nitrogens with one attached hydrogen (secondary N) is 1. The molecule has 1 amide bonds. The molecule has 120 valence electrons. The molecule has 0 aromatic carbocycles. The van der Waals surface area contributed by atoms with Crippen molar-refractivity contribution >= 4 is 5.91 Å². The molecule has 3 saturated heterocycles. The summed E-state index contributed by atoms with van der Waals surface area (Å²) in [5, 5.41) is 3.38. The van der Waals surface area contributed by atoms with Gasteiger partial charge < -0.3 is 15.1 Å². The zero-order chi connectivity index (χ0) is 14.5. The van der Waals surface area contributed by atoms with Gasteiger partial charge in [-0.25, -0.2) is 0 Å². The molecule has 0 bridgehead atoms. The molecule has 4 heteroatoms. The van der Waals surface area contributed by atoms with Crippen molar-refractivity contribution in [1.82, 2.24) is 15.1 Å². The summed E-state index contributed by atoms with van der Waals surface area (Å²) in [5.41, 5.74) is 0. The Hall–Kier alpha value is -0.610. The van der Waals surface area contributed by atoms with Crippen LogP contribution in [0.25, 0.3) is 0 Å². The van der Waals surface area contributed by atoms with Gasteiger partial charge in [-0.15, -0.1) is 0 Å². The Morgan fingerprint density at radius 1 is 0.905 bits per heavy atom. The minimum absolute atomic E-state index is 0.416. The van der Waals surface area contributed by atoms with Crippen molar-refractivity contribution in [2.45, 2.75) is 57.4 Å². The normalized spacial score (nSPS) is 27.0. The summed E-state index contributed by atoms with van der Waals surface area (Å²) >= 11 is 0. The molecule has 0 spiro atoms. The molecule has 3 aliphatic heterocycles. The lowest BCUT2D eigenvalue weighted by molar-refractivity contribution is -0.134. The number of hydrogen-bond donors (Lipinski definition) is 1. The van der Waals surface area contributed by atoms with E-state index in [1.165, 1.54) is 58.0 Å². The molecule has 21 heavy (non-hydrogen) atoms. The van der Waals surface area contributed by atoms with Gasteiger partial charge in [0.25, 0.3) is 0 Å². The summed E-state index contributed by atoms with van der Waals surface area (Å²) in [6.07, 6.45) is 9.67. The van der Waals surface area contributed by atoms with Gasteiger partial charge >= 0.3 is 0 Å². The topological polar surface area (TPSA) is 35.6 Å². The molecule has 3 rings (SSSR count). The minimum atomic E-state index is 0.416. The van der Waals surface area contributed by atoms with Crippen molar-refractivity contribution < 1.29 is 4.79 Å². The molecule has 0 saturated carbocycles. The first-order chi connectivity index (χ1) is 10.3. The van der Waals surface area contributed by atoms with Crippen LogP contribution in [0, 0.1) is 5.92 Å². The number of carbonyl (C=O) groups excluding carboxylic acids is 1. The quantitative estimate of drug-likeness (QED) is 0.862. The van der Waals surface area contributed by atoms with Gasteiger partial charge in [-0.05, 0) is 70.6 Å². The fourth-order valence-corrected chi connectivity index (χ4v) is 4.23. The first kappa shape index (κ1) is 15.3. The molecule has 0 unspecified atom stereocenters. The zero-order valence-electron chi connectivity index (χ0n) is 13.4. The number of hydrogen-bond acceptors (Lipinski definition) is 3. The molecule has 3 fully saturated rings. The second-order valence-electron chi connectivity index (χ2n) is 7.11. The highest BCUT2D eigenvalue weighted by atomic mass is 16.2. The third-order valence-corrected chi connectivity index (χ3v) is 5.65. The first-order valence-corrected chi connectivity index (χ1v) is 9.05. The van der Waals surface area contributed by atoms with Crippen LogP contribution in [-0.2, 0) is 4.79 Å². The standard InChI is InChI=1S/C17H31N3O/c21-17(14-15-4-8-18-9-5-15)20-12-6-16(7-13-20)19-10-2-1-3-11-19/h15-16,18H,1-14H2. The van der Waals surface area contributed by atoms with E-state index in [1.54, 1.807) is 0 Å². The largest absolute Gasteiger partial charge is 0.343 e. The van der Waals surface area contributed by atoms with Gasteiger partial charge in [0, 0.05) is 25.6 Å². The highest BCUT2D eigenvalue weighted by molar-refractivity contribution is 5.76. The smallest absolute Gasteiger partial charge is 0.222 e. The average Bonchev–Trinajstić information content (AvgIpc) is 2.57. The van der Waals surface area contributed by atoms with E-state index in [-0.39, 0.29) is 0 Å². The maximum Gasteiger partial charge on any atom is 0.222 e. The lowest BCUT2D eigenvalue weighted by atomic mass is 9.93. The highest BCUT2D eigenvalue weighted by Crippen LogP contribution is 2.23. The predicted octanol–water partition coefficient (Wildman–Crippen LogP) is 1.85. The molecule has 1 N–H and O–H groups in total. The number of piperidine rings is 3. The van der Waals surface area contributed by atoms with Crippen LogP contribution < -0.4 is 5.32 Å². The lowest BCUT2D eigenvalue weighted by Crippen LogP contribution is -2.48.